The van der Waals surface area contributed by atoms with Crippen molar-refractivity contribution in [1.29, 1.82) is 0 Å². The van der Waals surface area contributed by atoms with Crippen molar-refractivity contribution in [2.24, 2.45) is 0 Å². The third-order valence-corrected chi connectivity index (χ3v) is 2.30. The molecule has 0 spiro atoms. The SMILES string of the molecule is CC(=O)c1cc(Br)cc(N)c1OCC(F)(F)F. The van der Waals surface area contributed by atoms with Gasteiger partial charge in [0.2, 0.25) is 0 Å². The average molecular weight is 312 g/mol. The Labute approximate surface area is 104 Å². The smallest absolute Gasteiger partial charge is 0.422 e. The van der Waals surface area contributed by atoms with E-state index in [0.717, 1.165) is 0 Å². The van der Waals surface area contributed by atoms with Crippen molar-refractivity contribution in [2.45, 2.75) is 13.1 Å². The first-order chi connectivity index (χ1) is 7.70. The van der Waals surface area contributed by atoms with Crippen LogP contribution in [-0.4, -0.2) is 18.6 Å². The van der Waals surface area contributed by atoms with Crippen LogP contribution in [-0.2, 0) is 0 Å². The van der Waals surface area contributed by atoms with Gasteiger partial charge in [-0.1, -0.05) is 15.9 Å². The van der Waals surface area contributed by atoms with Gasteiger partial charge in [0.15, 0.2) is 18.1 Å². The first-order valence-electron chi connectivity index (χ1n) is 4.50. The second-order valence-electron chi connectivity index (χ2n) is 3.33. The van der Waals surface area contributed by atoms with E-state index < -0.39 is 18.6 Å². The molecule has 3 nitrogen and oxygen atoms in total. The fraction of sp³-hybridized carbons (Fsp3) is 0.300. The molecule has 1 aromatic rings. The molecule has 0 heterocycles. The summed E-state index contributed by atoms with van der Waals surface area (Å²) in [7, 11) is 0. The maximum Gasteiger partial charge on any atom is 0.422 e. The number of carbonyl (C=O) groups excluding carboxylic acids is 1. The molecular weight excluding hydrogens is 303 g/mol. The average Bonchev–Trinajstić information content (AvgIpc) is 2.13. The van der Waals surface area contributed by atoms with Gasteiger partial charge < -0.3 is 10.5 Å². The quantitative estimate of drug-likeness (QED) is 0.689. The normalized spacial score (nSPS) is 11.4. The van der Waals surface area contributed by atoms with Crippen LogP contribution >= 0.6 is 15.9 Å². The summed E-state index contributed by atoms with van der Waals surface area (Å²) in [5.41, 5.74) is 5.51. The second kappa shape index (κ2) is 4.95. The van der Waals surface area contributed by atoms with Crippen LogP contribution < -0.4 is 10.5 Å². The van der Waals surface area contributed by atoms with Crippen molar-refractivity contribution in [1.82, 2.24) is 0 Å². The molecule has 0 unspecified atom stereocenters. The Morgan fingerprint density at radius 3 is 2.53 bits per heavy atom. The molecule has 0 atom stereocenters. The molecule has 0 amide bonds. The predicted molar refractivity (Wildman–Crippen MR) is 60.1 cm³/mol. The topological polar surface area (TPSA) is 52.3 Å². The van der Waals surface area contributed by atoms with Crippen LogP contribution in [0.5, 0.6) is 5.75 Å². The van der Waals surface area contributed by atoms with Crippen LogP contribution in [0, 0.1) is 0 Å². The zero-order chi connectivity index (χ0) is 13.2. The number of nitrogen functional groups attached to an aromatic ring is 1. The van der Waals surface area contributed by atoms with Gasteiger partial charge in [-0.2, -0.15) is 13.2 Å². The Morgan fingerprint density at radius 1 is 1.47 bits per heavy atom. The van der Waals surface area contributed by atoms with Crippen molar-refractivity contribution in [2.75, 3.05) is 12.3 Å². The van der Waals surface area contributed by atoms with Crippen LogP contribution in [0.2, 0.25) is 0 Å². The Bertz CT molecular complexity index is 446. The maximum absolute atomic E-state index is 12.0. The summed E-state index contributed by atoms with van der Waals surface area (Å²) in [4.78, 5) is 11.3. The van der Waals surface area contributed by atoms with Crippen LogP contribution in [0.15, 0.2) is 16.6 Å². The molecule has 0 radical (unpaired) electrons. The summed E-state index contributed by atoms with van der Waals surface area (Å²) in [6.07, 6.45) is -4.48. The number of halogens is 4. The zero-order valence-electron chi connectivity index (χ0n) is 8.77. The first kappa shape index (κ1) is 13.8. The van der Waals surface area contributed by atoms with Gasteiger partial charge in [-0.25, -0.2) is 0 Å². The summed E-state index contributed by atoms with van der Waals surface area (Å²) in [6.45, 7) is -0.263. The van der Waals surface area contributed by atoms with Crippen molar-refractivity contribution in [3.05, 3.63) is 22.2 Å². The molecular formula is C10H9BrF3NO2. The number of Topliss-reactive ketones (excluding diaryl/α,β-unsaturated/α-hetero) is 1. The van der Waals surface area contributed by atoms with E-state index in [2.05, 4.69) is 20.7 Å². The molecule has 0 saturated heterocycles. The van der Waals surface area contributed by atoms with Crippen LogP contribution in [0.25, 0.3) is 0 Å². The van der Waals surface area contributed by atoms with Crippen LogP contribution in [0.3, 0.4) is 0 Å². The number of rotatable bonds is 3. The molecule has 17 heavy (non-hydrogen) atoms. The van der Waals surface area contributed by atoms with Gasteiger partial charge in [-0.05, 0) is 19.1 Å². The van der Waals surface area contributed by atoms with Gasteiger partial charge in [0.1, 0.15) is 0 Å². The van der Waals surface area contributed by atoms with E-state index in [-0.39, 0.29) is 17.0 Å². The molecule has 0 bridgehead atoms. The number of hydrogen-bond donors (Lipinski definition) is 1. The summed E-state index contributed by atoms with van der Waals surface area (Å²) in [5, 5.41) is 0. The van der Waals surface area contributed by atoms with Gasteiger partial charge in [0.25, 0.3) is 0 Å². The molecule has 0 fully saturated rings. The van der Waals surface area contributed by atoms with E-state index in [0.29, 0.717) is 4.47 Å². The molecule has 7 heteroatoms. The lowest BCUT2D eigenvalue weighted by molar-refractivity contribution is -0.153. The van der Waals surface area contributed by atoms with Crippen molar-refractivity contribution in [3.8, 4) is 5.75 Å². The van der Waals surface area contributed by atoms with Gasteiger partial charge >= 0.3 is 6.18 Å². The summed E-state index contributed by atoms with van der Waals surface area (Å²) in [6, 6.07) is 2.74. The second-order valence-corrected chi connectivity index (χ2v) is 4.25. The molecule has 0 aromatic heterocycles. The number of carbonyl (C=O) groups is 1. The Balaban J connectivity index is 3.09. The highest BCUT2D eigenvalue weighted by Crippen LogP contribution is 2.32. The van der Waals surface area contributed by atoms with Gasteiger partial charge in [0.05, 0.1) is 11.3 Å². The Morgan fingerprint density at radius 2 is 2.06 bits per heavy atom. The van der Waals surface area contributed by atoms with Crippen molar-refractivity contribution in [3.63, 3.8) is 0 Å². The molecule has 0 aliphatic rings. The number of benzene rings is 1. The highest BCUT2D eigenvalue weighted by molar-refractivity contribution is 9.10. The van der Waals surface area contributed by atoms with E-state index in [9.17, 15) is 18.0 Å². The van der Waals surface area contributed by atoms with Crippen molar-refractivity contribution < 1.29 is 22.7 Å². The lowest BCUT2D eigenvalue weighted by Crippen LogP contribution is -2.20. The molecule has 0 aliphatic heterocycles. The van der Waals surface area contributed by atoms with Crippen molar-refractivity contribution >= 4 is 27.4 Å². The van der Waals surface area contributed by atoms with Gasteiger partial charge in [-0.3, -0.25) is 4.79 Å². The fourth-order valence-corrected chi connectivity index (χ4v) is 1.67. The van der Waals surface area contributed by atoms with E-state index in [1.165, 1.54) is 19.1 Å². The highest BCUT2D eigenvalue weighted by Gasteiger charge is 2.29. The lowest BCUT2D eigenvalue weighted by atomic mass is 10.1. The number of hydrogen-bond acceptors (Lipinski definition) is 3. The molecule has 1 aromatic carbocycles. The minimum atomic E-state index is -4.48. The zero-order valence-corrected chi connectivity index (χ0v) is 10.4. The summed E-state index contributed by atoms with van der Waals surface area (Å²) >= 11 is 3.10. The number of nitrogens with two attached hydrogens (primary N) is 1. The largest absolute Gasteiger partial charge is 0.481 e. The number of anilines is 1. The standard InChI is InChI=1S/C10H9BrF3NO2/c1-5(16)7-2-6(11)3-8(15)9(7)17-4-10(12,13)14/h2-3H,4,15H2,1H3. The molecule has 94 valence electrons. The predicted octanol–water partition coefficient (Wildman–Crippen LogP) is 3.18. The summed E-state index contributed by atoms with van der Waals surface area (Å²) < 4.78 is 41.1. The molecule has 2 N–H and O–H groups in total. The van der Waals surface area contributed by atoms with Gasteiger partial charge in [-0.15, -0.1) is 0 Å². The number of alkyl halides is 3. The number of ether oxygens (including phenoxy) is 1. The maximum atomic E-state index is 12.0. The third-order valence-electron chi connectivity index (χ3n) is 1.84. The highest BCUT2D eigenvalue weighted by atomic mass is 79.9. The first-order valence-corrected chi connectivity index (χ1v) is 5.29. The molecule has 0 saturated carbocycles. The monoisotopic (exact) mass is 311 g/mol. The molecule has 0 aliphatic carbocycles. The minimum absolute atomic E-state index is 0.0149. The van der Waals surface area contributed by atoms with E-state index in [4.69, 9.17) is 5.73 Å². The van der Waals surface area contributed by atoms with E-state index in [1.54, 1.807) is 0 Å². The minimum Gasteiger partial charge on any atom is -0.481 e. The van der Waals surface area contributed by atoms with Gasteiger partial charge in [0, 0.05) is 4.47 Å². The third kappa shape index (κ3) is 3.92. The Hall–Kier alpha value is -1.24. The fourth-order valence-electron chi connectivity index (χ4n) is 1.19. The molecule has 1 rings (SSSR count). The summed E-state index contributed by atoms with van der Waals surface area (Å²) in [5.74, 6) is -0.659. The van der Waals surface area contributed by atoms with Crippen LogP contribution in [0.4, 0.5) is 18.9 Å². The Kier molecular flexibility index (Phi) is 4.03. The van der Waals surface area contributed by atoms with E-state index >= 15 is 0 Å². The van der Waals surface area contributed by atoms with Crippen LogP contribution in [0.1, 0.15) is 17.3 Å². The van der Waals surface area contributed by atoms with E-state index in [1.807, 2.05) is 0 Å². The lowest BCUT2D eigenvalue weighted by Gasteiger charge is -2.14. The number of ketones is 1.